The van der Waals surface area contributed by atoms with E-state index in [1.54, 1.807) is 6.21 Å². The maximum absolute atomic E-state index is 4.40. The summed E-state index contributed by atoms with van der Waals surface area (Å²) >= 11 is 0. The molecule has 0 aliphatic rings. The molecule has 0 atom stereocenters. The highest BCUT2D eigenvalue weighted by atomic mass is 15.1. The van der Waals surface area contributed by atoms with E-state index in [0.29, 0.717) is 5.95 Å². The Morgan fingerprint density at radius 1 is 1.05 bits per heavy atom. The molecule has 4 heteroatoms. The number of anilines is 1. The molecule has 1 N–H and O–H groups in total. The van der Waals surface area contributed by atoms with Crippen LogP contribution in [0.2, 0.25) is 0 Å². The highest BCUT2D eigenvalue weighted by Gasteiger charge is 1.98. The number of allylic oxidation sites excluding steroid dienone is 1. The number of rotatable bonds is 4. The van der Waals surface area contributed by atoms with Gasteiger partial charge in [-0.05, 0) is 35.9 Å². The predicted octanol–water partition coefficient (Wildman–Crippen LogP) is 4.04. The second-order valence-electron chi connectivity index (χ2n) is 5.20. The van der Waals surface area contributed by atoms with Crippen molar-refractivity contribution in [1.29, 1.82) is 0 Å². The third-order valence-corrected chi connectivity index (χ3v) is 3.36. The molecular formula is C18H18N4. The first-order valence-corrected chi connectivity index (χ1v) is 7.15. The topological polar surface area (TPSA) is 44.3 Å². The van der Waals surface area contributed by atoms with E-state index in [-0.39, 0.29) is 0 Å². The van der Waals surface area contributed by atoms with Gasteiger partial charge in [-0.25, -0.2) is 9.98 Å². The van der Waals surface area contributed by atoms with Gasteiger partial charge in [-0.2, -0.15) is 0 Å². The molecule has 0 aliphatic heterocycles. The molecule has 1 heterocycles. The van der Waals surface area contributed by atoms with Crippen LogP contribution in [0.15, 0.2) is 59.6 Å². The number of benzene rings is 2. The molecule has 0 radical (unpaired) electrons. The summed E-state index contributed by atoms with van der Waals surface area (Å²) in [5.74, 6) is 0.619. The highest BCUT2D eigenvalue weighted by Crippen LogP contribution is 2.15. The Kier molecular flexibility index (Phi) is 4.01. The van der Waals surface area contributed by atoms with Crippen LogP contribution in [0.3, 0.4) is 0 Å². The molecule has 0 amide bonds. The van der Waals surface area contributed by atoms with Gasteiger partial charge in [0.15, 0.2) is 0 Å². The third kappa shape index (κ3) is 3.23. The van der Waals surface area contributed by atoms with Crippen molar-refractivity contribution in [2.75, 3.05) is 19.0 Å². The standard InChI is InChI=1S/C18H18N4/c1-22(2)15-11-9-14(10-12-15)6-5-13-19-18-20-16-7-3-4-8-17(16)21-18/h3-13H,1-2H3,(H,20,21)/b6-5+,19-13+. The van der Waals surface area contributed by atoms with Gasteiger partial charge in [-0.1, -0.05) is 30.3 Å². The molecule has 4 nitrogen and oxygen atoms in total. The van der Waals surface area contributed by atoms with Gasteiger partial charge in [0, 0.05) is 26.0 Å². The van der Waals surface area contributed by atoms with E-state index in [1.165, 1.54) is 5.69 Å². The molecule has 0 unspecified atom stereocenters. The van der Waals surface area contributed by atoms with Gasteiger partial charge >= 0.3 is 0 Å². The maximum Gasteiger partial charge on any atom is 0.227 e. The number of fused-ring (bicyclic) bond motifs is 1. The van der Waals surface area contributed by atoms with Gasteiger partial charge in [0.05, 0.1) is 11.0 Å². The van der Waals surface area contributed by atoms with E-state index in [0.717, 1.165) is 16.6 Å². The molecule has 0 spiro atoms. The zero-order chi connectivity index (χ0) is 15.4. The summed E-state index contributed by atoms with van der Waals surface area (Å²) in [4.78, 5) is 14.0. The number of nitrogens with one attached hydrogen (secondary N) is 1. The van der Waals surface area contributed by atoms with Crippen molar-refractivity contribution in [3.05, 3.63) is 60.2 Å². The van der Waals surface area contributed by atoms with Crippen molar-refractivity contribution in [2.45, 2.75) is 0 Å². The number of para-hydroxylation sites is 2. The minimum absolute atomic E-state index is 0.619. The first-order chi connectivity index (χ1) is 10.7. The molecule has 3 aromatic rings. The lowest BCUT2D eigenvalue weighted by Crippen LogP contribution is -2.07. The van der Waals surface area contributed by atoms with E-state index in [9.17, 15) is 0 Å². The van der Waals surface area contributed by atoms with Crippen molar-refractivity contribution >= 4 is 35.0 Å². The van der Waals surface area contributed by atoms with E-state index in [1.807, 2.05) is 50.5 Å². The van der Waals surface area contributed by atoms with Gasteiger partial charge in [0.1, 0.15) is 0 Å². The van der Waals surface area contributed by atoms with Crippen molar-refractivity contribution in [3.63, 3.8) is 0 Å². The average molecular weight is 290 g/mol. The summed E-state index contributed by atoms with van der Waals surface area (Å²) in [6.45, 7) is 0. The zero-order valence-electron chi connectivity index (χ0n) is 12.7. The molecule has 0 bridgehead atoms. The van der Waals surface area contributed by atoms with Gasteiger partial charge in [0.2, 0.25) is 5.95 Å². The van der Waals surface area contributed by atoms with Crippen molar-refractivity contribution in [2.24, 2.45) is 4.99 Å². The SMILES string of the molecule is CN(C)c1ccc(/C=C/C=N/c2nc3ccccc3[nH]2)cc1. The van der Waals surface area contributed by atoms with Crippen LogP contribution in [-0.4, -0.2) is 30.3 Å². The number of imidazole rings is 1. The van der Waals surface area contributed by atoms with Crippen LogP contribution in [0.1, 0.15) is 5.56 Å². The minimum Gasteiger partial charge on any atom is -0.378 e. The summed E-state index contributed by atoms with van der Waals surface area (Å²) < 4.78 is 0. The van der Waals surface area contributed by atoms with Crippen molar-refractivity contribution in [3.8, 4) is 0 Å². The Balaban J connectivity index is 1.68. The summed E-state index contributed by atoms with van der Waals surface area (Å²) in [5, 5.41) is 0. The highest BCUT2D eigenvalue weighted by molar-refractivity contribution is 5.82. The van der Waals surface area contributed by atoms with Crippen molar-refractivity contribution in [1.82, 2.24) is 9.97 Å². The number of aromatic amines is 1. The predicted molar refractivity (Wildman–Crippen MR) is 94.0 cm³/mol. The normalized spacial score (nSPS) is 11.7. The minimum atomic E-state index is 0.619. The number of aliphatic imine (C=N–C) groups is 1. The number of hydrogen-bond acceptors (Lipinski definition) is 3. The van der Waals surface area contributed by atoms with Crippen molar-refractivity contribution < 1.29 is 0 Å². The molecule has 2 aromatic carbocycles. The van der Waals surface area contributed by atoms with E-state index in [4.69, 9.17) is 0 Å². The number of aromatic nitrogens is 2. The van der Waals surface area contributed by atoms with Crippen LogP contribution in [0.25, 0.3) is 17.1 Å². The molecule has 1 aromatic heterocycles. The molecule has 0 saturated carbocycles. The second-order valence-corrected chi connectivity index (χ2v) is 5.20. The van der Waals surface area contributed by atoms with Gasteiger partial charge < -0.3 is 9.88 Å². The van der Waals surface area contributed by atoms with Gasteiger partial charge in [-0.3, -0.25) is 0 Å². The summed E-state index contributed by atoms with van der Waals surface area (Å²) in [6, 6.07) is 16.3. The average Bonchev–Trinajstić information content (AvgIpc) is 2.95. The lowest BCUT2D eigenvalue weighted by Gasteiger charge is -2.11. The van der Waals surface area contributed by atoms with Crippen LogP contribution in [-0.2, 0) is 0 Å². The Morgan fingerprint density at radius 2 is 1.82 bits per heavy atom. The first-order valence-electron chi connectivity index (χ1n) is 7.15. The van der Waals surface area contributed by atoms with Crippen LogP contribution in [0.4, 0.5) is 11.6 Å². The summed E-state index contributed by atoms with van der Waals surface area (Å²) in [6.07, 6.45) is 5.68. The fraction of sp³-hybridized carbons (Fsp3) is 0.111. The van der Waals surface area contributed by atoms with Crippen LogP contribution < -0.4 is 4.90 Å². The Bertz CT molecular complexity index is 777. The van der Waals surface area contributed by atoms with E-state index >= 15 is 0 Å². The Labute approximate surface area is 129 Å². The maximum atomic E-state index is 4.40. The van der Waals surface area contributed by atoms with Crippen LogP contribution >= 0.6 is 0 Å². The molecule has 110 valence electrons. The fourth-order valence-electron chi connectivity index (χ4n) is 2.15. The van der Waals surface area contributed by atoms with Crippen LogP contribution in [0, 0.1) is 0 Å². The molecule has 3 rings (SSSR count). The smallest absolute Gasteiger partial charge is 0.227 e. The first kappa shape index (κ1) is 14.1. The molecule has 0 fully saturated rings. The van der Waals surface area contributed by atoms with E-state index < -0.39 is 0 Å². The zero-order valence-corrected chi connectivity index (χ0v) is 12.7. The van der Waals surface area contributed by atoms with E-state index in [2.05, 4.69) is 44.1 Å². The second kappa shape index (κ2) is 6.26. The fourth-order valence-corrected chi connectivity index (χ4v) is 2.15. The monoisotopic (exact) mass is 290 g/mol. The molecule has 0 saturated heterocycles. The molecule has 0 aliphatic carbocycles. The lowest BCUT2D eigenvalue weighted by molar-refractivity contribution is 1.13. The summed E-state index contributed by atoms with van der Waals surface area (Å²) in [5.41, 5.74) is 4.26. The Hall–Kier alpha value is -2.88. The number of H-pyrrole nitrogens is 1. The van der Waals surface area contributed by atoms with Gasteiger partial charge in [0.25, 0.3) is 0 Å². The molecular weight excluding hydrogens is 272 g/mol. The largest absolute Gasteiger partial charge is 0.378 e. The third-order valence-electron chi connectivity index (χ3n) is 3.36. The number of nitrogens with zero attached hydrogens (tertiary/aromatic N) is 3. The Morgan fingerprint density at radius 3 is 2.55 bits per heavy atom. The number of hydrogen-bond donors (Lipinski definition) is 1. The quantitative estimate of drug-likeness (QED) is 0.737. The van der Waals surface area contributed by atoms with Crippen LogP contribution in [0.5, 0.6) is 0 Å². The lowest BCUT2D eigenvalue weighted by atomic mass is 10.2. The van der Waals surface area contributed by atoms with Gasteiger partial charge in [-0.15, -0.1) is 0 Å². The molecule has 22 heavy (non-hydrogen) atoms. The summed E-state index contributed by atoms with van der Waals surface area (Å²) in [7, 11) is 4.07.